The quantitative estimate of drug-likeness (QED) is 0.135. The molecule has 5 aliphatic carbocycles. The Balaban J connectivity index is 0.957. The lowest BCUT2D eigenvalue weighted by Crippen LogP contribution is -2.32. The van der Waals surface area contributed by atoms with E-state index in [1.165, 1.54) is 123 Å². The number of fused-ring (bicyclic) bond motifs is 11. The molecule has 2 heteroatoms. The second-order valence-electron chi connectivity index (χ2n) is 22.2. The Morgan fingerprint density at radius 1 is 0.304 bits per heavy atom. The van der Waals surface area contributed by atoms with Gasteiger partial charge >= 0.3 is 0 Å². The molecule has 0 aromatic heterocycles. The van der Waals surface area contributed by atoms with Crippen molar-refractivity contribution in [2.24, 2.45) is 0 Å². The first-order valence-electron chi connectivity index (χ1n) is 25.9. The van der Waals surface area contributed by atoms with Crippen molar-refractivity contribution >= 4 is 22.7 Å². The number of rotatable bonds is 10. The lowest BCUT2D eigenvalue weighted by molar-refractivity contribution is 0.489. The van der Waals surface area contributed by atoms with Gasteiger partial charge in [-0.3, -0.25) is 0 Å². The lowest BCUT2D eigenvalue weighted by atomic mass is 9.74. The summed E-state index contributed by atoms with van der Waals surface area (Å²) in [5, 5.41) is 0. The summed E-state index contributed by atoms with van der Waals surface area (Å²) >= 11 is 0. The maximum Gasteiger partial charge on any atom is 0.0960 e. The van der Waals surface area contributed by atoms with Gasteiger partial charge in [-0.15, -0.1) is 0 Å². The van der Waals surface area contributed by atoms with Gasteiger partial charge in [-0.1, -0.05) is 164 Å². The van der Waals surface area contributed by atoms with Gasteiger partial charge in [0.25, 0.3) is 0 Å². The molecular formula is C67H64N2. The molecule has 0 amide bonds. The van der Waals surface area contributed by atoms with Crippen molar-refractivity contribution in [1.29, 1.82) is 0 Å². The van der Waals surface area contributed by atoms with Crippen LogP contribution < -0.4 is 9.80 Å². The molecule has 0 bridgehead atoms. The van der Waals surface area contributed by atoms with Gasteiger partial charge in [-0.2, -0.15) is 0 Å². The van der Waals surface area contributed by atoms with E-state index in [4.69, 9.17) is 0 Å². The van der Waals surface area contributed by atoms with E-state index >= 15 is 0 Å². The number of nitrogens with zero attached hydrogens (tertiary/aromatic N) is 2. The zero-order chi connectivity index (χ0) is 47.6. The number of benzene rings is 8. The second-order valence-corrected chi connectivity index (χ2v) is 22.2. The van der Waals surface area contributed by atoms with Gasteiger partial charge in [0.05, 0.1) is 11.1 Å². The Morgan fingerprint density at radius 3 is 1.03 bits per heavy atom. The van der Waals surface area contributed by atoms with Crippen molar-refractivity contribution < 1.29 is 0 Å². The van der Waals surface area contributed by atoms with Gasteiger partial charge in [-0.25, -0.2) is 0 Å². The average molecular weight is 897 g/mol. The Bertz CT molecular complexity index is 3240. The molecule has 69 heavy (non-hydrogen) atoms. The van der Waals surface area contributed by atoms with Crippen molar-refractivity contribution in [3.8, 4) is 33.4 Å². The number of hydrogen-bond donors (Lipinski definition) is 0. The summed E-state index contributed by atoms with van der Waals surface area (Å²) in [5.74, 6) is 0. The van der Waals surface area contributed by atoms with Crippen LogP contribution in [0.1, 0.15) is 148 Å². The molecule has 2 atom stereocenters. The Morgan fingerprint density at radius 2 is 0.652 bits per heavy atom. The van der Waals surface area contributed by atoms with E-state index in [1.807, 2.05) is 0 Å². The average Bonchev–Trinajstić information content (AvgIpc) is 4.11. The van der Waals surface area contributed by atoms with Crippen LogP contribution in [0.25, 0.3) is 33.4 Å². The van der Waals surface area contributed by atoms with Gasteiger partial charge in [0.15, 0.2) is 0 Å². The summed E-state index contributed by atoms with van der Waals surface area (Å²) in [6.07, 6.45) is 4.08. The van der Waals surface area contributed by atoms with E-state index in [0.717, 1.165) is 25.7 Å². The summed E-state index contributed by atoms with van der Waals surface area (Å²) in [6, 6.07) is 61.9. The molecule has 0 aliphatic heterocycles. The molecule has 2 unspecified atom stereocenters. The van der Waals surface area contributed by atoms with Crippen LogP contribution in [0.4, 0.5) is 22.7 Å². The van der Waals surface area contributed by atoms with Crippen LogP contribution in [-0.2, 0) is 27.3 Å². The van der Waals surface area contributed by atoms with Gasteiger partial charge in [-0.05, 0) is 189 Å². The third-order valence-corrected chi connectivity index (χ3v) is 18.5. The molecule has 8 aromatic carbocycles. The van der Waals surface area contributed by atoms with Crippen LogP contribution in [-0.4, -0.2) is 0 Å². The van der Waals surface area contributed by atoms with Crippen molar-refractivity contribution in [2.45, 2.75) is 122 Å². The van der Waals surface area contributed by atoms with Gasteiger partial charge in [0.2, 0.25) is 0 Å². The Hall–Kier alpha value is -6.64. The molecule has 0 saturated heterocycles. The minimum Gasteiger partial charge on any atom is -0.327 e. The predicted molar refractivity (Wildman–Crippen MR) is 290 cm³/mol. The first-order valence-corrected chi connectivity index (χ1v) is 25.9. The summed E-state index contributed by atoms with van der Waals surface area (Å²) in [7, 11) is 0. The first kappa shape index (κ1) is 42.5. The standard InChI is InChI=1S/C67H64N2/c1-11-65(12-2)57-39-61-59(66(61,13-3)68(43-27-23-41(5)24-28-43)45-31-33-49-47-19-15-17-21-53(47)63(7,8)55(49)35-45)37-51(57)52-38-60-62(40-58(52)65)67(60,14-4)69(44-29-25-42(6)26-30-44)46-32-34-50-48-20-16-18-22-54(48)64(9,10)56(50)36-46/h15-40H,11-14H2,1-10H3. The summed E-state index contributed by atoms with van der Waals surface area (Å²) in [6.45, 7) is 23.7. The highest BCUT2D eigenvalue weighted by atomic mass is 15.3. The molecule has 5 aliphatic rings. The summed E-state index contributed by atoms with van der Waals surface area (Å²) < 4.78 is 0. The van der Waals surface area contributed by atoms with E-state index < -0.39 is 0 Å². The third kappa shape index (κ3) is 5.33. The Labute approximate surface area is 410 Å². The topological polar surface area (TPSA) is 6.48 Å². The number of anilines is 4. The monoisotopic (exact) mass is 897 g/mol. The molecule has 2 nitrogen and oxygen atoms in total. The fourth-order valence-corrected chi connectivity index (χ4v) is 14.6. The first-order chi connectivity index (χ1) is 33.3. The van der Waals surface area contributed by atoms with Crippen LogP contribution in [0.2, 0.25) is 0 Å². The zero-order valence-electron chi connectivity index (χ0n) is 42.2. The van der Waals surface area contributed by atoms with Crippen LogP contribution in [0, 0.1) is 13.8 Å². The minimum absolute atomic E-state index is 0.0744. The molecule has 342 valence electrons. The van der Waals surface area contributed by atoms with E-state index in [9.17, 15) is 0 Å². The van der Waals surface area contributed by atoms with Gasteiger partial charge in [0.1, 0.15) is 0 Å². The summed E-state index contributed by atoms with van der Waals surface area (Å²) in [4.78, 5) is 5.41. The van der Waals surface area contributed by atoms with Crippen molar-refractivity contribution in [3.63, 3.8) is 0 Å². The molecule has 0 saturated carbocycles. The Kier molecular flexibility index (Phi) is 8.75. The molecule has 0 spiro atoms. The highest BCUT2D eigenvalue weighted by molar-refractivity contribution is 5.93. The predicted octanol–water partition coefficient (Wildman–Crippen LogP) is 17.6. The molecule has 0 radical (unpaired) electrons. The molecule has 0 fully saturated rings. The van der Waals surface area contributed by atoms with E-state index in [1.54, 1.807) is 0 Å². The summed E-state index contributed by atoms with van der Waals surface area (Å²) in [5.41, 5.74) is 29.8. The highest BCUT2D eigenvalue weighted by Crippen LogP contribution is 2.68. The molecule has 0 heterocycles. The van der Waals surface area contributed by atoms with E-state index in [0.29, 0.717) is 0 Å². The number of aryl methyl sites for hydroxylation is 2. The van der Waals surface area contributed by atoms with Gasteiger partial charge < -0.3 is 9.80 Å². The smallest absolute Gasteiger partial charge is 0.0960 e. The van der Waals surface area contributed by atoms with E-state index in [-0.39, 0.29) is 27.3 Å². The molecule has 13 rings (SSSR count). The maximum absolute atomic E-state index is 2.71. The molecular weight excluding hydrogens is 833 g/mol. The SMILES string of the molecule is CCC1(CC)c2cc3c(cc2-c2cc4c(cc21)C4(CC)N(c1ccc(C)cc1)c1ccc2c(c1)C(C)(C)c1ccccc1-2)C3(CC)N(c1ccc(C)cc1)c1ccc2c(c1)C(C)(C)c1ccccc1-2. The zero-order valence-corrected chi connectivity index (χ0v) is 42.2. The van der Waals surface area contributed by atoms with Crippen LogP contribution in [0.5, 0.6) is 0 Å². The second kappa shape index (κ2) is 14.2. The fraction of sp³-hybridized carbons (Fsp3) is 0.284. The van der Waals surface area contributed by atoms with Crippen LogP contribution in [0.15, 0.2) is 158 Å². The van der Waals surface area contributed by atoms with Gasteiger partial charge in [0, 0.05) is 39.0 Å². The lowest BCUT2D eigenvalue weighted by Gasteiger charge is -2.36. The minimum atomic E-state index is -0.254. The van der Waals surface area contributed by atoms with Crippen LogP contribution in [0.3, 0.4) is 0 Å². The van der Waals surface area contributed by atoms with E-state index in [2.05, 4.69) is 237 Å². The van der Waals surface area contributed by atoms with Crippen LogP contribution >= 0.6 is 0 Å². The molecule has 0 N–H and O–H groups in total. The highest BCUT2D eigenvalue weighted by Gasteiger charge is 2.60. The molecule has 8 aromatic rings. The fourth-order valence-electron chi connectivity index (χ4n) is 14.6. The van der Waals surface area contributed by atoms with Crippen molar-refractivity contribution in [1.82, 2.24) is 0 Å². The largest absolute Gasteiger partial charge is 0.327 e. The normalized spacial score (nSPS) is 20.1. The number of hydrogen-bond acceptors (Lipinski definition) is 2. The van der Waals surface area contributed by atoms with Crippen molar-refractivity contribution in [3.05, 3.63) is 224 Å². The maximum atomic E-state index is 2.71. The third-order valence-electron chi connectivity index (χ3n) is 18.5. The van der Waals surface area contributed by atoms with Crippen molar-refractivity contribution in [2.75, 3.05) is 9.80 Å².